The number of terminal acetylenes is 1. The first kappa shape index (κ1) is 14.1. The average Bonchev–Trinajstić information content (AvgIpc) is 2.86. The van der Waals surface area contributed by atoms with E-state index < -0.39 is 11.9 Å². The summed E-state index contributed by atoms with van der Waals surface area (Å²) in [5.74, 6) is 1.38. The fourth-order valence-corrected chi connectivity index (χ4v) is 2.40. The fourth-order valence-electron chi connectivity index (χ4n) is 2.40. The first-order valence-corrected chi connectivity index (χ1v) is 6.65. The summed E-state index contributed by atoms with van der Waals surface area (Å²) in [5, 5.41) is 0. The van der Waals surface area contributed by atoms with Gasteiger partial charge in [-0.1, -0.05) is 31.0 Å². The van der Waals surface area contributed by atoms with E-state index in [1.807, 2.05) is 31.2 Å². The van der Waals surface area contributed by atoms with Crippen molar-refractivity contribution in [2.75, 3.05) is 18.1 Å². The summed E-state index contributed by atoms with van der Waals surface area (Å²) >= 11 is 0. The third-order valence-electron chi connectivity index (χ3n) is 3.42. The lowest BCUT2D eigenvalue weighted by atomic mass is 10.1. The molecule has 1 heterocycles. The molecule has 1 aliphatic heterocycles. The van der Waals surface area contributed by atoms with Gasteiger partial charge in [-0.15, -0.1) is 6.42 Å². The molecule has 2 rings (SSSR count). The van der Waals surface area contributed by atoms with Gasteiger partial charge in [0.1, 0.15) is 0 Å². The number of para-hydroxylation sites is 1. The van der Waals surface area contributed by atoms with Crippen molar-refractivity contribution >= 4 is 17.6 Å². The molecule has 4 nitrogen and oxygen atoms in total. The van der Waals surface area contributed by atoms with Crippen LogP contribution in [0.5, 0.6) is 0 Å². The van der Waals surface area contributed by atoms with Crippen LogP contribution in [0.15, 0.2) is 24.3 Å². The van der Waals surface area contributed by atoms with Crippen LogP contribution in [0.2, 0.25) is 0 Å². The minimum atomic E-state index is -0.430. The molecule has 1 atom stereocenters. The van der Waals surface area contributed by atoms with Crippen LogP contribution in [0.4, 0.5) is 5.69 Å². The molecule has 1 fully saturated rings. The van der Waals surface area contributed by atoms with E-state index in [2.05, 4.69) is 5.92 Å². The van der Waals surface area contributed by atoms with E-state index in [4.69, 9.17) is 11.2 Å². The summed E-state index contributed by atoms with van der Waals surface area (Å²) in [5.41, 5.74) is 1.98. The molecule has 0 bridgehead atoms. The molecular formula is C16H17NO3. The average molecular weight is 271 g/mol. The minimum Gasteiger partial charge on any atom is -0.452 e. The van der Waals surface area contributed by atoms with Gasteiger partial charge < -0.3 is 9.64 Å². The highest BCUT2D eigenvalue weighted by Crippen LogP contribution is 2.28. The van der Waals surface area contributed by atoms with Crippen molar-refractivity contribution < 1.29 is 14.3 Å². The molecule has 0 aromatic heterocycles. The Morgan fingerprint density at radius 3 is 2.95 bits per heavy atom. The molecule has 104 valence electrons. The van der Waals surface area contributed by atoms with Gasteiger partial charge in [0.05, 0.1) is 5.92 Å². The number of hydrogen-bond donors (Lipinski definition) is 0. The molecule has 0 aliphatic carbocycles. The predicted octanol–water partition coefficient (Wildman–Crippen LogP) is 1.78. The first-order valence-electron chi connectivity index (χ1n) is 6.65. The number of rotatable bonds is 4. The molecule has 0 saturated carbocycles. The molecule has 0 radical (unpaired) electrons. The van der Waals surface area contributed by atoms with Crippen molar-refractivity contribution in [3.05, 3.63) is 29.8 Å². The van der Waals surface area contributed by atoms with Gasteiger partial charge in [0.2, 0.25) is 5.91 Å². The first-order chi connectivity index (χ1) is 9.67. The third-order valence-corrected chi connectivity index (χ3v) is 3.42. The zero-order valence-corrected chi connectivity index (χ0v) is 11.5. The molecule has 1 amide bonds. The van der Waals surface area contributed by atoms with E-state index in [0.717, 1.165) is 17.7 Å². The van der Waals surface area contributed by atoms with E-state index in [1.54, 1.807) is 4.90 Å². The Morgan fingerprint density at radius 2 is 2.25 bits per heavy atom. The van der Waals surface area contributed by atoms with E-state index in [0.29, 0.717) is 6.54 Å². The molecule has 1 unspecified atom stereocenters. The summed E-state index contributed by atoms with van der Waals surface area (Å²) < 4.78 is 4.91. The Labute approximate surface area is 118 Å². The summed E-state index contributed by atoms with van der Waals surface area (Å²) in [6.45, 7) is 2.35. The maximum Gasteiger partial charge on any atom is 0.312 e. The fraction of sp³-hybridized carbons (Fsp3) is 0.375. The second kappa shape index (κ2) is 6.25. The topological polar surface area (TPSA) is 46.6 Å². The van der Waals surface area contributed by atoms with Gasteiger partial charge in [-0.3, -0.25) is 9.59 Å². The zero-order valence-electron chi connectivity index (χ0n) is 11.5. The van der Waals surface area contributed by atoms with Crippen molar-refractivity contribution in [3.63, 3.8) is 0 Å². The quantitative estimate of drug-likeness (QED) is 0.619. The molecular weight excluding hydrogens is 254 g/mol. The van der Waals surface area contributed by atoms with Crippen molar-refractivity contribution in [3.8, 4) is 12.3 Å². The monoisotopic (exact) mass is 271 g/mol. The van der Waals surface area contributed by atoms with Crippen LogP contribution in [0, 0.1) is 18.3 Å². The number of ether oxygens (including phenoxy) is 1. The second-order valence-corrected chi connectivity index (χ2v) is 4.70. The molecule has 1 aromatic rings. The van der Waals surface area contributed by atoms with E-state index in [1.165, 1.54) is 0 Å². The van der Waals surface area contributed by atoms with Crippen LogP contribution in [-0.4, -0.2) is 25.0 Å². The summed E-state index contributed by atoms with van der Waals surface area (Å²) in [7, 11) is 0. The third kappa shape index (κ3) is 2.83. The highest BCUT2D eigenvalue weighted by atomic mass is 16.5. The molecule has 1 saturated heterocycles. The Kier molecular flexibility index (Phi) is 4.41. The highest BCUT2D eigenvalue weighted by molar-refractivity contribution is 6.00. The second-order valence-electron chi connectivity index (χ2n) is 4.70. The largest absolute Gasteiger partial charge is 0.452 e. The number of benzene rings is 1. The van der Waals surface area contributed by atoms with Crippen molar-refractivity contribution in [1.29, 1.82) is 0 Å². The van der Waals surface area contributed by atoms with E-state index in [9.17, 15) is 9.59 Å². The van der Waals surface area contributed by atoms with E-state index >= 15 is 0 Å². The lowest BCUT2D eigenvalue weighted by molar-refractivity contribution is -0.146. The maximum absolute atomic E-state index is 12.1. The molecule has 20 heavy (non-hydrogen) atoms. The zero-order chi connectivity index (χ0) is 14.5. The van der Waals surface area contributed by atoms with Crippen molar-refractivity contribution in [1.82, 2.24) is 0 Å². The molecule has 4 heteroatoms. The minimum absolute atomic E-state index is 0.0466. The Balaban J connectivity index is 2.13. The predicted molar refractivity (Wildman–Crippen MR) is 76.1 cm³/mol. The van der Waals surface area contributed by atoms with Gasteiger partial charge in [-0.25, -0.2) is 0 Å². The molecule has 1 aromatic carbocycles. The number of amides is 1. The van der Waals surface area contributed by atoms with Gasteiger partial charge in [0.25, 0.3) is 0 Å². The smallest absolute Gasteiger partial charge is 0.312 e. The van der Waals surface area contributed by atoms with Crippen LogP contribution in [0.3, 0.4) is 0 Å². The van der Waals surface area contributed by atoms with Gasteiger partial charge >= 0.3 is 5.97 Å². The van der Waals surface area contributed by atoms with Crippen LogP contribution >= 0.6 is 0 Å². The normalized spacial score (nSPS) is 17.9. The van der Waals surface area contributed by atoms with Crippen LogP contribution in [0.25, 0.3) is 0 Å². The molecule has 1 aliphatic rings. The number of nitrogens with zero attached hydrogens (tertiary/aromatic N) is 1. The van der Waals surface area contributed by atoms with Gasteiger partial charge in [-0.05, 0) is 18.1 Å². The number of carbonyl (C=O) groups excluding carboxylic acids is 2. The highest BCUT2D eigenvalue weighted by Gasteiger charge is 2.36. The lowest BCUT2D eigenvalue weighted by Gasteiger charge is -2.19. The van der Waals surface area contributed by atoms with Gasteiger partial charge in [-0.2, -0.15) is 0 Å². The summed E-state index contributed by atoms with van der Waals surface area (Å²) in [4.78, 5) is 25.6. The maximum atomic E-state index is 12.1. The lowest BCUT2D eigenvalue weighted by Crippen LogP contribution is -2.27. The van der Waals surface area contributed by atoms with Crippen LogP contribution < -0.4 is 4.90 Å². The number of anilines is 1. The van der Waals surface area contributed by atoms with E-state index in [-0.39, 0.29) is 18.9 Å². The number of hydrogen-bond acceptors (Lipinski definition) is 3. The SMILES string of the molecule is C#CCOC(=O)C1CC(=O)N(c2ccccc2CC)C1. The number of esters is 1. The van der Waals surface area contributed by atoms with Gasteiger partial charge in [0, 0.05) is 18.7 Å². The van der Waals surface area contributed by atoms with Crippen LogP contribution in [0.1, 0.15) is 18.9 Å². The Morgan fingerprint density at radius 1 is 1.50 bits per heavy atom. The Hall–Kier alpha value is -2.28. The van der Waals surface area contributed by atoms with Gasteiger partial charge in [0.15, 0.2) is 6.61 Å². The van der Waals surface area contributed by atoms with Crippen LogP contribution in [-0.2, 0) is 20.7 Å². The number of carbonyl (C=O) groups is 2. The number of aryl methyl sites for hydroxylation is 1. The molecule has 0 N–H and O–H groups in total. The summed E-state index contributed by atoms with van der Waals surface area (Å²) in [6, 6.07) is 7.74. The Bertz CT molecular complexity index is 559. The molecule has 0 spiro atoms. The van der Waals surface area contributed by atoms with Crippen molar-refractivity contribution in [2.24, 2.45) is 5.92 Å². The summed E-state index contributed by atoms with van der Waals surface area (Å²) in [6.07, 6.45) is 6.08. The van der Waals surface area contributed by atoms with Crippen molar-refractivity contribution in [2.45, 2.75) is 19.8 Å². The standard InChI is InChI=1S/C16H17NO3/c1-3-9-20-16(19)13-10-15(18)17(11-13)14-8-6-5-7-12(14)4-2/h1,5-8,13H,4,9-11H2,2H3.